The van der Waals surface area contributed by atoms with Gasteiger partial charge in [-0.25, -0.2) is 4.79 Å². The van der Waals surface area contributed by atoms with E-state index in [1.807, 2.05) is 30.3 Å². The molecule has 0 bridgehead atoms. The molecule has 0 atom stereocenters. The molecule has 0 saturated heterocycles. The number of amides is 2. The van der Waals surface area contributed by atoms with Crippen LogP contribution in [0.15, 0.2) is 41.8 Å². The number of thiophene rings is 2. The van der Waals surface area contributed by atoms with Gasteiger partial charge in [-0.15, -0.1) is 22.7 Å². The van der Waals surface area contributed by atoms with E-state index in [2.05, 4.69) is 5.32 Å². The lowest BCUT2D eigenvalue weighted by Crippen LogP contribution is -2.28. The van der Waals surface area contributed by atoms with Crippen molar-refractivity contribution in [2.24, 2.45) is 0 Å². The van der Waals surface area contributed by atoms with Gasteiger partial charge in [0.15, 0.2) is 0 Å². The van der Waals surface area contributed by atoms with Gasteiger partial charge in [0, 0.05) is 25.0 Å². The van der Waals surface area contributed by atoms with E-state index in [0.717, 1.165) is 28.8 Å². The van der Waals surface area contributed by atoms with Gasteiger partial charge in [0.25, 0.3) is 11.8 Å². The van der Waals surface area contributed by atoms with Crippen molar-refractivity contribution in [1.82, 2.24) is 10.2 Å². The van der Waals surface area contributed by atoms with Gasteiger partial charge in [-0.05, 0) is 53.5 Å². The maximum atomic E-state index is 12.9. The molecule has 166 valence electrons. The molecule has 1 aliphatic rings. The van der Waals surface area contributed by atoms with Crippen LogP contribution in [0.4, 0.5) is 0 Å². The highest BCUT2D eigenvalue weighted by Crippen LogP contribution is 2.30. The average Bonchev–Trinajstić information content (AvgIpc) is 3.53. The summed E-state index contributed by atoms with van der Waals surface area (Å²) in [5.74, 6) is -0.831. The number of carbonyl (C=O) groups excluding carboxylic acids is 3. The number of aryl methyl sites for hydroxylation is 2. The van der Waals surface area contributed by atoms with Crippen molar-refractivity contribution in [3.8, 4) is 0 Å². The summed E-state index contributed by atoms with van der Waals surface area (Å²) in [6.07, 6.45) is 3.30. The molecular weight excluding hydrogens is 444 g/mol. The monoisotopic (exact) mass is 468 g/mol. The number of benzene rings is 1. The molecule has 2 aromatic heterocycles. The van der Waals surface area contributed by atoms with Gasteiger partial charge >= 0.3 is 5.97 Å². The zero-order chi connectivity index (χ0) is 22.7. The normalized spacial score (nSPS) is 12.3. The Labute approximate surface area is 194 Å². The topological polar surface area (TPSA) is 75.7 Å². The highest BCUT2D eigenvalue weighted by molar-refractivity contribution is 7.14. The van der Waals surface area contributed by atoms with E-state index in [1.165, 1.54) is 35.3 Å². The van der Waals surface area contributed by atoms with Crippen LogP contribution in [0.5, 0.6) is 0 Å². The minimum absolute atomic E-state index is 0.0652. The Morgan fingerprint density at radius 3 is 2.66 bits per heavy atom. The Morgan fingerprint density at radius 1 is 1.12 bits per heavy atom. The lowest BCUT2D eigenvalue weighted by Gasteiger charge is -2.19. The van der Waals surface area contributed by atoms with Crippen molar-refractivity contribution in [3.63, 3.8) is 0 Å². The molecule has 0 spiro atoms. The minimum Gasteiger partial charge on any atom is -0.465 e. The summed E-state index contributed by atoms with van der Waals surface area (Å²) in [6, 6.07) is 11.4. The highest BCUT2D eigenvalue weighted by Gasteiger charge is 2.23. The third-order valence-corrected chi connectivity index (χ3v) is 7.68. The van der Waals surface area contributed by atoms with Gasteiger partial charge in [-0.2, -0.15) is 0 Å². The third kappa shape index (κ3) is 4.61. The molecule has 2 heterocycles. The predicted molar refractivity (Wildman–Crippen MR) is 125 cm³/mol. The number of methoxy groups -OCH3 is 1. The second kappa shape index (κ2) is 9.67. The number of ether oxygens (including phenoxy) is 1. The zero-order valence-corrected chi connectivity index (χ0v) is 19.6. The maximum absolute atomic E-state index is 12.9. The number of rotatable bonds is 7. The zero-order valence-electron chi connectivity index (χ0n) is 18.0. The molecule has 0 unspecified atom stereocenters. The summed E-state index contributed by atoms with van der Waals surface area (Å²) in [4.78, 5) is 41.5. The number of nitrogens with zero attached hydrogens (tertiary/aromatic N) is 1. The number of fused-ring (bicyclic) bond motifs is 1. The van der Waals surface area contributed by atoms with Crippen molar-refractivity contribution < 1.29 is 19.1 Å². The lowest BCUT2D eigenvalue weighted by atomic mass is 10.1. The van der Waals surface area contributed by atoms with Gasteiger partial charge < -0.3 is 15.0 Å². The van der Waals surface area contributed by atoms with Gasteiger partial charge in [0.1, 0.15) is 4.88 Å². The van der Waals surface area contributed by atoms with Crippen LogP contribution in [0.25, 0.3) is 0 Å². The molecule has 1 aromatic carbocycles. The van der Waals surface area contributed by atoms with E-state index in [1.54, 1.807) is 34.7 Å². The minimum atomic E-state index is -0.514. The molecule has 3 aromatic rings. The summed E-state index contributed by atoms with van der Waals surface area (Å²) < 4.78 is 4.77. The van der Waals surface area contributed by atoms with Crippen LogP contribution in [0, 0.1) is 0 Å². The molecule has 0 aliphatic heterocycles. The fraction of sp³-hybridized carbons (Fsp3) is 0.292. The van der Waals surface area contributed by atoms with Crippen molar-refractivity contribution >= 4 is 40.5 Å². The maximum Gasteiger partial charge on any atom is 0.348 e. The fourth-order valence-corrected chi connectivity index (χ4v) is 5.82. The Hall–Kier alpha value is -2.97. The summed E-state index contributed by atoms with van der Waals surface area (Å²) >= 11 is 2.77. The summed E-state index contributed by atoms with van der Waals surface area (Å²) in [6.45, 7) is 0.736. The number of hydrogen-bond acceptors (Lipinski definition) is 6. The Balaban J connectivity index is 1.43. The molecule has 0 fully saturated rings. The van der Waals surface area contributed by atoms with Crippen LogP contribution >= 0.6 is 22.7 Å². The largest absolute Gasteiger partial charge is 0.465 e. The van der Waals surface area contributed by atoms with Crippen molar-refractivity contribution in [2.45, 2.75) is 32.4 Å². The van der Waals surface area contributed by atoms with Crippen LogP contribution in [0.1, 0.15) is 57.7 Å². The standard InChI is InChI=1S/C24H24N2O4S2/c1-26(23(28)18-10-11-31-21(18)24(29)30-2)14-17-7-4-3-6-16(17)13-25-22(27)20-12-15-8-5-9-19(15)32-20/h3-4,6-7,10-12H,5,8-9,13-14H2,1-2H3,(H,25,27). The van der Waals surface area contributed by atoms with E-state index in [9.17, 15) is 14.4 Å². The number of esters is 1. The lowest BCUT2D eigenvalue weighted by molar-refractivity contribution is 0.0597. The van der Waals surface area contributed by atoms with Gasteiger partial charge in [0.2, 0.25) is 0 Å². The molecule has 2 amide bonds. The smallest absolute Gasteiger partial charge is 0.348 e. The van der Waals surface area contributed by atoms with Crippen LogP contribution in [-0.4, -0.2) is 36.8 Å². The van der Waals surface area contributed by atoms with Crippen LogP contribution in [-0.2, 0) is 30.7 Å². The summed E-state index contributed by atoms with van der Waals surface area (Å²) in [5.41, 5.74) is 3.52. The summed E-state index contributed by atoms with van der Waals surface area (Å²) in [7, 11) is 3.00. The average molecular weight is 469 g/mol. The van der Waals surface area contributed by atoms with Gasteiger partial charge in [-0.1, -0.05) is 24.3 Å². The van der Waals surface area contributed by atoms with E-state index < -0.39 is 5.97 Å². The predicted octanol–water partition coefficient (Wildman–Crippen LogP) is 4.29. The molecule has 1 aliphatic carbocycles. The molecule has 4 rings (SSSR count). The molecule has 0 radical (unpaired) electrons. The molecule has 6 nitrogen and oxygen atoms in total. The first-order valence-electron chi connectivity index (χ1n) is 10.4. The molecular formula is C24H24N2O4S2. The molecule has 1 N–H and O–H groups in total. The number of hydrogen-bond donors (Lipinski definition) is 1. The molecule has 32 heavy (non-hydrogen) atoms. The van der Waals surface area contributed by atoms with Crippen molar-refractivity contribution in [1.29, 1.82) is 0 Å². The van der Waals surface area contributed by atoms with Crippen LogP contribution in [0.2, 0.25) is 0 Å². The Morgan fingerprint density at radius 2 is 1.91 bits per heavy atom. The third-order valence-electron chi connectivity index (χ3n) is 5.55. The van der Waals surface area contributed by atoms with Crippen LogP contribution in [0.3, 0.4) is 0 Å². The van der Waals surface area contributed by atoms with Crippen LogP contribution < -0.4 is 5.32 Å². The number of carbonyl (C=O) groups is 3. The first-order chi connectivity index (χ1) is 15.5. The highest BCUT2D eigenvalue weighted by atomic mass is 32.1. The van der Waals surface area contributed by atoms with E-state index in [4.69, 9.17) is 4.74 Å². The summed E-state index contributed by atoms with van der Waals surface area (Å²) in [5, 5.41) is 4.72. The molecule has 0 saturated carbocycles. The Kier molecular flexibility index (Phi) is 6.72. The van der Waals surface area contributed by atoms with E-state index in [-0.39, 0.29) is 11.8 Å². The first-order valence-corrected chi connectivity index (χ1v) is 12.1. The van der Waals surface area contributed by atoms with Crippen molar-refractivity contribution in [3.05, 3.63) is 78.7 Å². The van der Waals surface area contributed by atoms with Crippen molar-refractivity contribution in [2.75, 3.05) is 14.2 Å². The van der Waals surface area contributed by atoms with Gasteiger partial charge in [0.05, 0.1) is 17.6 Å². The van der Waals surface area contributed by atoms with E-state index in [0.29, 0.717) is 23.5 Å². The fourth-order valence-electron chi connectivity index (χ4n) is 3.85. The second-order valence-corrected chi connectivity index (χ2v) is 9.73. The quantitative estimate of drug-likeness (QED) is 0.525. The van der Waals surface area contributed by atoms with E-state index >= 15 is 0 Å². The second-order valence-electron chi connectivity index (χ2n) is 7.68. The molecule has 8 heteroatoms. The van der Waals surface area contributed by atoms with Gasteiger partial charge in [-0.3, -0.25) is 9.59 Å². The SMILES string of the molecule is COC(=O)c1sccc1C(=O)N(C)Cc1ccccc1CNC(=O)c1cc2c(s1)CCC2. The first kappa shape index (κ1) is 22.2. The number of nitrogens with one attached hydrogen (secondary N) is 1. The Bertz CT molecular complexity index is 1140.